The monoisotopic (exact) mass is 382 g/mol. The van der Waals surface area contributed by atoms with Gasteiger partial charge in [0, 0.05) is 44.6 Å². The molecule has 4 rings (SSSR count). The van der Waals surface area contributed by atoms with Crippen LogP contribution in [0.1, 0.15) is 51.0 Å². The maximum atomic E-state index is 12.9. The Kier molecular flexibility index (Phi) is 5.13. The highest BCUT2D eigenvalue weighted by molar-refractivity contribution is 5.95. The van der Waals surface area contributed by atoms with E-state index in [0.29, 0.717) is 17.7 Å². The number of likely N-dealkylation sites (N-methyl/N-ethyl adjacent to an activating group) is 1. The topological polar surface area (TPSA) is 85.4 Å². The first-order valence-electron chi connectivity index (χ1n) is 9.79. The lowest BCUT2D eigenvalue weighted by Gasteiger charge is -2.32. The minimum Gasteiger partial charge on any atom is -0.336 e. The second-order valence-electron chi connectivity index (χ2n) is 7.63. The highest BCUT2D eigenvalue weighted by atomic mass is 16.2. The molecule has 0 aromatic carbocycles. The maximum Gasteiger partial charge on any atom is 0.257 e. The van der Waals surface area contributed by atoms with E-state index in [4.69, 9.17) is 0 Å². The van der Waals surface area contributed by atoms with Gasteiger partial charge in [-0.2, -0.15) is 5.10 Å². The third-order valence-electron chi connectivity index (χ3n) is 5.74. The molecule has 0 saturated carbocycles. The van der Waals surface area contributed by atoms with Gasteiger partial charge in [0.15, 0.2) is 0 Å². The number of hydrogen-bond acceptors (Lipinski definition) is 5. The van der Waals surface area contributed by atoms with E-state index in [1.54, 1.807) is 12.4 Å². The molecule has 0 unspecified atom stereocenters. The average molecular weight is 382 g/mol. The fourth-order valence-electron chi connectivity index (χ4n) is 3.96. The number of nitrogens with zero attached hydrogens (tertiary/aromatic N) is 5. The van der Waals surface area contributed by atoms with Gasteiger partial charge in [-0.25, -0.2) is 0 Å². The number of nitrogens with one attached hydrogen (secondary N) is 1. The predicted molar refractivity (Wildman–Crippen MR) is 104 cm³/mol. The number of pyridine rings is 1. The lowest BCUT2D eigenvalue weighted by molar-refractivity contribution is 0.0661. The Bertz CT molecular complexity index is 854. The van der Waals surface area contributed by atoms with E-state index in [2.05, 4.69) is 27.1 Å². The molecule has 2 saturated heterocycles. The van der Waals surface area contributed by atoms with Gasteiger partial charge in [-0.05, 0) is 38.9 Å². The molecule has 2 aromatic heterocycles. The van der Waals surface area contributed by atoms with Crippen LogP contribution in [0.4, 0.5) is 0 Å². The number of piperazine rings is 1. The molecule has 2 amide bonds. The van der Waals surface area contributed by atoms with E-state index >= 15 is 0 Å². The first-order chi connectivity index (χ1) is 13.5. The van der Waals surface area contributed by atoms with Crippen LogP contribution in [0, 0.1) is 6.92 Å². The molecule has 2 aromatic rings. The van der Waals surface area contributed by atoms with Gasteiger partial charge < -0.3 is 14.7 Å². The largest absolute Gasteiger partial charge is 0.336 e. The predicted octanol–water partition coefficient (Wildman–Crippen LogP) is 1.48. The number of likely N-dealkylation sites (tertiary alicyclic amines) is 1. The summed E-state index contributed by atoms with van der Waals surface area (Å²) in [5, 5.41) is 6.78. The van der Waals surface area contributed by atoms with Crippen molar-refractivity contribution < 1.29 is 9.59 Å². The van der Waals surface area contributed by atoms with Gasteiger partial charge in [-0.15, -0.1) is 0 Å². The molecule has 2 aliphatic heterocycles. The van der Waals surface area contributed by atoms with Crippen LogP contribution in [0.25, 0.3) is 0 Å². The molecule has 8 heteroatoms. The highest BCUT2D eigenvalue weighted by Gasteiger charge is 2.32. The quantitative estimate of drug-likeness (QED) is 0.869. The lowest BCUT2D eigenvalue weighted by atomic mass is 10.1. The summed E-state index contributed by atoms with van der Waals surface area (Å²) in [6.07, 6.45) is 5.05. The molecule has 1 N–H and O–H groups in total. The SMILES string of the molecule is Cc1[nH]ncc1C(=O)N1CCC[C@@H]1c1ccc(C(=O)N2CCN(C)CC2)cn1. The third-order valence-corrected chi connectivity index (χ3v) is 5.74. The Morgan fingerprint density at radius 3 is 2.50 bits per heavy atom. The minimum atomic E-state index is -0.0606. The average Bonchev–Trinajstić information content (AvgIpc) is 3.37. The van der Waals surface area contributed by atoms with Crippen LogP contribution in [0.3, 0.4) is 0 Å². The van der Waals surface area contributed by atoms with E-state index in [1.165, 1.54) is 0 Å². The number of carbonyl (C=O) groups is 2. The molecular weight excluding hydrogens is 356 g/mol. The van der Waals surface area contributed by atoms with Crippen LogP contribution >= 0.6 is 0 Å². The number of aryl methyl sites for hydroxylation is 1. The van der Waals surface area contributed by atoms with Crippen LogP contribution in [-0.4, -0.2) is 81.5 Å². The molecule has 28 heavy (non-hydrogen) atoms. The van der Waals surface area contributed by atoms with Crippen LogP contribution < -0.4 is 0 Å². The van der Waals surface area contributed by atoms with Crippen molar-refractivity contribution in [3.63, 3.8) is 0 Å². The van der Waals surface area contributed by atoms with Crippen molar-refractivity contribution in [2.75, 3.05) is 39.8 Å². The molecule has 0 bridgehead atoms. The molecule has 2 fully saturated rings. The molecular formula is C20H26N6O2. The zero-order valence-electron chi connectivity index (χ0n) is 16.4. The number of H-pyrrole nitrogens is 1. The second-order valence-corrected chi connectivity index (χ2v) is 7.63. The summed E-state index contributed by atoms with van der Waals surface area (Å²) in [5.41, 5.74) is 2.82. The van der Waals surface area contributed by atoms with Crippen molar-refractivity contribution in [2.45, 2.75) is 25.8 Å². The molecule has 8 nitrogen and oxygen atoms in total. The number of rotatable bonds is 3. The fourth-order valence-corrected chi connectivity index (χ4v) is 3.96. The van der Waals surface area contributed by atoms with Gasteiger partial charge in [0.1, 0.15) is 0 Å². The van der Waals surface area contributed by atoms with E-state index in [-0.39, 0.29) is 17.9 Å². The van der Waals surface area contributed by atoms with Gasteiger partial charge >= 0.3 is 0 Å². The highest BCUT2D eigenvalue weighted by Crippen LogP contribution is 2.32. The number of carbonyl (C=O) groups excluding carboxylic acids is 2. The van der Waals surface area contributed by atoms with Crippen LogP contribution in [-0.2, 0) is 0 Å². The van der Waals surface area contributed by atoms with E-state index < -0.39 is 0 Å². The minimum absolute atomic E-state index is 0.0202. The van der Waals surface area contributed by atoms with Crippen LogP contribution in [0.2, 0.25) is 0 Å². The van der Waals surface area contributed by atoms with Gasteiger partial charge in [0.2, 0.25) is 0 Å². The van der Waals surface area contributed by atoms with E-state index in [9.17, 15) is 9.59 Å². The Hall–Kier alpha value is -2.74. The van der Waals surface area contributed by atoms with Crippen molar-refractivity contribution in [3.05, 3.63) is 47.0 Å². The van der Waals surface area contributed by atoms with Crippen molar-refractivity contribution >= 4 is 11.8 Å². The summed E-state index contributed by atoms with van der Waals surface area (Å²) in [5.74, 6) is 0.00802. The van der Waals surface area contributed by atoms with Gasteiger partial charge in [0.25, 0.3) is 11.8 Å². The summed E-state index contributed by atoms with van der Waals surface area (Å²) in [7, 11) is 2.07. The maximum absolute atomic E-state index is 12.9. The Labute approximate surface area is 164 Å². The Balaban J connectivity index is 1.48. The van der Waals surface area contributed by atoms with E-state index in [1.807, 2.05) is 28.9 Å². The summed E-state index contributed by atoms with van der Waals surface area (Å²) in [6.45, 7) is 5.83. The fraction of sp³-hybridized carbons (Fsp3) is 0.500. The summed E-state index contributed by atoms with van der Waals surface area (Å²) in [6, 6.07) is 3.67. The molecule has 148 valence electrons. The summed E-state index contributed by atoms with van der Waals surface area (Å²) >= 11 is 0. The Morgan fingerprint density at radius 2 is 1.86 bits per heavy atom. The number of aromatic nitrogens is 3. The van der Waals surface area contributed by atoms with Crippen LogP contribution in [0.15, 0.2) is 24.5 Å². The first-order valence-corrected chi connectivity index (χ1v) is 9.79. The number of hydrogen-bond donors (Lipinski definition) is 1. The lowest BCUT2D eigenvalue weighted by Crippen LogP contribution is -2.47. The number of aromatic amines is 1. The molecule has 0 aliphatic carbocycles. The molecule has 4 heterocycles. The van der Waals surface area contributed by atoms with Crippen molar-refractivity contribution in [1.82, 2.24) is 29.9 Å². The third kappa shape index (κ3) is 3.52. The van der Waals surface area contributed by atoms with E-state index in [0.717, 1.165) is 50.4 Å². The van der Waals surface area contributed by atoms with Gasteiger partial charge in [-0.1, -0.05) is 0 Å². The second kappa shape index (κ2) is 7.71. The number of amides is 2. The molecule has 0 spiro atoms. The molecule has 0 radical (unpaired) electrons. The standard InChI is InChI=1S/C20H26N6O2/c1-14-16(13-22-23-14)20(28)26-7-3-4-18(26)17-6-5-15(12-21-17)19(27)25-10-8-24(2)9-11-25/h5-6,12-13,18H,3-4,7-11H2,1-2H3,(H,22,23)/t18-/m1/s1. The smallest absolute Gasteiger partial charge is 0.257 e. The van der Waals surface area contributed by atoms with Crippen molar-refractivity contribution in [3.8, 4) is 0 Å². The van der Waals surface area contributed by atoms with Crippen LogP contribution in [0.5, 0.6) is 0 Å². The first kappa shape index (κ1) is 18.6. The molecule has 2 aliphatic rings. The van der Waals surface area contributed by atoms with Gasteiger partial charge in [0.05, 0.1) is 29.1 Å². The molecule has 1 atom stereocenters. The normalized spacial score (nSPS) is 20.6. The van der Waals surface area contributed by atoms with Crippen molar-refractivity contribution in [2.24, 2.45) is 0 Å². The summed E-state index contributed by atoms with van der Waals surface area (Å²) < 4.78 is 0. The zero-order chi connectivity index (χ0) is 19.7. The summed E-state index contributed by atoms with van der Waals surface area (Å²) in [4.78, 5) is 36.1. The zero-order valence-corrected chi connectivity index (χ0v) is 16.4. The van der Waals surface area contributed by atoms with Crippen molar-refractivity contribution in [1.29, 1.82) is 0 Å². The Morgan fingerprint density at radius 1 is 1.07 bits per heavy atom. The van der Waals surface area contributed by atoms with Gasteiger partial charge in [-0.3, -0.25) is 19.7 Å².